The number of rotatable bonds is 9. The highest BCUT2D eigenvalue weighted by Gasteiger charge is 2.35. The number of hydrogen-bond donors (Lipinski definition) is 2. The lowest BCUT2D eigenvalue weighted by molar-refractivity contribution is -0.895. The molecule has 2 saturated heterocycles. The van der Waals surface area contributed by atoms with E-state index in [9.17, 15) is 19.2 Å². The molecule has 2 N–H and O–H groups in total. The summed E-state index contributed by atoms with van der Waals surface area (Å²) < 4.78 is 35.0. The maximum absolute atomic E-state index is 15.7. The van der Waals surface area contributed by atoms with Crippen LogP contribution in [-0.2, 0) is 23.2 Å². The number of quaternary nitrogens is 1. The first-order valence-electron chi connectivity index (χ1n) is 18.9. The molecule has 0 saturated carbocycles. The fourth-order valence-electron chi connectivity index (χ4n) is 7.50. The molecular weight excluding hydrogens is 770 g/mol. The Labute approximate surface area is 339 Å². The van der Waals surface area contributed by atoms with E-state index in [4.69, 9.17) is 11.6 Å². The van der Waals surface area contributed by atoms with E-state index in [0.717, 1.165) is 30.4 Å². The third-order valence-electron chi connectivity index (χ3n) is 10.9. The summed E-state index contributed by atoms with van der Waals surface area (Å²) in [6.45, 7) is 5.11. The van der Waals surface area contributed by atoms with Gasteiger partial charge in [-0.05, 0) is 43.3 Å². The maximum atomic E-state index is 15.7. The molecule has 7 rings (SSSR count). The fraction of sp³-hybridized carbons (Fsp3) is 0.341. The molecule has 0 unspecified atom stereocenters. The molecule has 58 heavy (non-hydrogen) atoms. The SMILES string of the molecule is Cc1nn(CC(=O)Nc2ccncc2)cc1-c1ccc(-c2cnc(C(=O)Nc3ccc(C(=O)N4CCN(C(=O)C5CC[N+](C)(C)CC5)CC4)c(Cl)c3)n2C)c(F)c1F. The molecule has 2 aromatic carbocycles. The lowest BCUT2D eigenvalue weighted by Gasteiger charge is -2.40. The minimum atomic E-state index is -1.15. The first kappa shape index (κ1) is 40.2. The summed E-state index contributed by atoms with van der Waals surface area (Å²) in [5.74, 6) is -3.44. The van der Waals surface area contributed by atoms with Gasteiger partial charge < -0.3 is 29.5 Å². The fourth-order valence-corrected chi connectivity index (χ4v) is 7.76. The van der Waals surface area contributed by atoms with Crippen LogP contribution in [-0.4, -0.2) is 116 Å². The summed E-state index contributed by atoms with van der Waals surface area (Å²) in [6.07, 6.45) is 7.57. The topological polar surface area (TPSA) is 147 Å². The number of imidazole rings is 1. The first-order chi connectivity index (χ1) is 27.7. The van der Waals surface area contributed by atoms with Crippen molar-refractivity contribution in [2.75, 3.05) is 64.0 Å². The average Bonchev–Trinajstić information content (AvgIpc) is 3.76. The molecule has 0 spiro atoms. The van der Waals surface area contributed by atoms with Crippen molar-refractivity contribution in [3.63, 3.8) is 0 Å². The van der Waals surface area contributed by atoms with Gasteiger partial charge in [-0.2, -0.15) is 5.10 Å². The van der Waals surface area contributed by atoms with Crippen LogP contribution in [0.4, 0.5) is 20.2 Å². The first-order valence-corrected chi connectivity index (χ1v) is 19.3. The van der Waals surface area contributed by atoms with Gasteiger partial charge in [0.05, 0.1) is 55.4 Å². The van der Waals surface area contributed by atoms with Crippen LogP contribution in [0.2, 0.25) is 5.02 Å². The molecule has 2 fully saturated rings. The number of carbonyl (C=O) groups excluding carboxylic acids is 4. The number of pyridine rings is 1. The standard InChI is InChI=1S/C41H43ClF2N10O4/c1-25-32(23-53(49-25)24-35(55)47-27-9-13-45-14-10-27)29-7-8-31(37(44)36(29)43)34-22-46-38(50(34)2)39(56)48-28-5-6-30(33(42)21-28)41(58)52-17-15-51(16-18-52)40(57)26-11-19-54(3,4)20-12-26/h5-10,13-14,21-23,26H,11-12,15-20,24H2,1-4H3,(H-,45,47,48,55,56,58)/p+1. The third-order valence-corrected chi connectivity index (χ3v) is 11.2. The van der Waals surface area contributed by atoms with Gasteiger partial charge in [-0.3, -0.25) is 28.8 Å². The Kier molecular flexibility index (Phi) is 11.4. The van der Waals surface area contributed by atoms with E-state index in [1.165, 1.54) is 53.0 Å². The number of aryl methyl sites for hydroxylation is 1. The van der Waals surface area contributed by atoms with Gasteiger partial charge in [0, 0.05) is 98.6 Å². The molecule has 0 radical (unpaired) electrons. The van der Waals surface area contributed by atoms with Crippen LogP contribution < -0.4 is 10.6 Å². The van der Waals surface area contributed by atoms with Crippen LogP contribution in [0.5, 0.6) is 0 Å². The predicted octanol–water partition coefficient (Wildman–Crippen LogP) is 5.25. The average molecular weight is 814 g/mol. The summed E-state index contributed by atoms with van der Waals surface area (Å²) in [6, 6.07) is 10.6. The van der Waals surface area contributed by atoms with E-state index in [2.05, 4.69) is 39.8 Å². The Bertz CT molecular complexity index is 2380. The molecule has 3 aromatic heterocycles. The Balaban J connectivity index is 0.974. The number of likely N-dealkylation sites (tertiary alicyclic amines) is 1. The zero-order valence-electron chi connectivity index (χ0n) is 32.6. The van der Waals surface area contributed by atoms with Gasteiger partial charge >= 0.3 is 0 Å². The predicted molar refractivity (Wildman–Crippen MR) is 214 cm³/mol. The van der Waals surface area contributed by atoms with E-state index in [-0.39, 0.29) is 63.4 Å². The van der Waals surface area contributed by atoms with Crippen molar-refractivity contribution in [2.45, 2.75) is 26.3 Å². The molecule has 5 aromatic rings. The molecule has 2 aliphatic heterocycles. The largest absolute Gasteiger partial charge is 0.339 e. The molecule has 0 atom stereocenters. The van der Waals surface area contributed by atoms with Crippen LogP contribution in [0.15, 0.2) is 67.3 Å². The second-order valence-corrected chi connectivity index (χ2v) is 15.8. The highest BCUT2D eigenvalue weighted by molar-refractivity contribution is 6.34. The number of hydrogen-bond acceptors (Lipinski definition) is 7. The summed E-state index contributed by atoms with van der Waals surface area (Å²) in [4.78, 5) is 64.1. The number of piperazine rings is 1. The minimum absolute atomic E-state index is 0.0272. The molecule has 302 valence electrons. The van der Waals surface area contributed by atoms with Crippen LogP contribution in [0.25, 0.3) is 22.4 Å². The second-order valence-electron chi connectivity index (χ2n) is 15.3. The molecule has 0 aliphatic carbocycles. The number of halogens is 3. The smallest absolute Gasteiger partial charge is 0.291 e. The maximum Gasteiger partial charge on any atom is 0.291 e. The van der Waals surface area contributed by atoms with E-state index >= 15 is 8.78 Å². The van der Waals surface area contributed by atoms with Crippen molar-refractivity contribution >= 4 is 46.6 Å². The van der Waals surface area contributed by atoms with Crippen molar-refractivity contribution in [3.05, 3.63) is 101 Å². The van der Waals surface area contributed by atoms with Crippen LogP contribution in [0.3, 0.4) is 0 Å². The molecule has 17 heteroatoms. The van der Waals surface area contributed by atoms with E-state index in [1.54, 1.807) is 42.4 Å². The number of nitrogens with zero attached hydrogens (tertiary/aromatic N) is 8. The lowest BCUT2D eigenvalue weighted by Crippen LogP contribution is -2.54. The number of carbonyl (C=O) groups is 4. The number of piperidine rings is 1. The van der Waals surface area contributed by atoms with Crippen LogP contribution in [0, 0.1) is 24.5 Å². The Hall–Kier alpha value is -6.00. The van der Waals surface area contributed by atoms with Crippen molar-refractivity contribution in [3.8, 4) is 22.4 Å². The number of anilines is 2. The molecule has 5 heterocycles. The van der Waals surface area contributed by atoms with Crippen molar-refractivity contribution in [2.24, 2.45) is 13.0 Å². The molecule has 4 amide bonds. The monoisotopic (exact) mass is 813 g/mol. The molecule has 14 nitrogen and oxygen atoms in total. The Morgan fingerprint density at radius 2 is 1.52 bits per heavy atom. The van der Waals surface area contributed by atoms with Gasteiger partial charge in [-0.25, -0.2) is 13.8 Å². The van der Waals surface area contributed by atoms with Crippen molar-refractivity contribution in [1.82, 2.24) is 34.1 Å². The van der Waals surface area contributed by atoms with Gasteiger partial charge in [0.2, 0.25) is 11.8 Å². The normalized spacial score (nSPS) is 15.6. The van der Waals surface area contributed by atoms with Gasteiger partial charge in [-0.1, -0.05) is 17.7 Å². The molecule has 2 aliphatic rings. The number of aromatic nitrogens is 5. The van der Waals surface area contributed by atoms with E-state index in [1.807, 2.05) is 4.90 Å². The quantitative estimate of drug-likeness (QED) is 0.194. The second kappa shape index (κ2) is 16.5. The Morgan fingerprint density at radius 3 is 2.21 bits per heavy atom. The summed E-state index contributed by atoms with van der Waals surface area (Å²) in [5.41, 5.74) is 1.81. The summed E-state index contributed by atoms with van der Waals surface area (Å²) in [7, 11) is 5.87. The lowest BCUT2D eigenvalue weighted by atomic mass is 9.94. The minimum Gasteiger partial charge on any atom is -0.339 e. The zero-order chi connectivity index (χ0) is 41.3. The van der Waals surface area contributed by atoms with Gasteiger partial charge in [0.15, 0.2) is 17.5 Å². The Morgan fingerprint density at radius 1 is 0.862 bits per heavy atom. The van der Waals surface area contributed by atoms with Crippen molar-refractivity contribution < 1.29 is 32.4 Å². The van der Waals surface area contributed by atoms with Crippen molar-refractivity contribution in [1.29, 1.82) is 0 Å². The van der Waals surface area contributed by atoms with E-state index < -0.39 is 17.5 Å². The third kappa shape index (κ3) is 8.48. The van der Waals surface area contributed by atoms with Crippen LogP contribution in [0.1, 0.15) is 39.5 Å². The van der Waals surface area contributed by atoms with Gasteiger partial charge in [0.1, 0.15) is 6.54 Å². The van der Waals surface area contributed by atoms with Crippen LogP contribution >= 0.6 is 11.6 Å². The number of amides is 4. The molecular formula is C41H44ClF2N10O4+. The number of benzene rings is 2. The number of nitrogens with one attached hydrogen (secondary N) is 2. The highest BCUT2D eigenvalue weighted by atomic mass is 35.5. The van der Waals surface area contributed by atoms with E-state index in [0.29, 0.717) is 48.8 Å². The van der Waals surface area contributed by atoms with Gasteiger partial charge in [0.25, 0.3) is 11.8 Å². The summed E-state index contributed by atoms with van der Waals surface area (Å²) >= 11 is 6.56. The van der Waals surface area contributed by atoms with Gasteiger partial charge in [-0.15, -0.1) is 0 Å². The highest BCUT2D eigenvalue weighted by Crippen LogP contribution is 2.33. The zero-order valence-corrected chi connectivity index (χ0v) is 33.4. The summed E-state index contributed by atoms with van der Waals surface area (Å²) in [5, 5.41) is 9.89. The molecule has 0 bridgehead atoms.